The summed E-state index contributed by atoms with van der Waals surface area (Å²) in [5.74, 6) is -0.118. The van der Waals surface area contributed by atoms with E-state index in [1.807, 2.05) is 66.9 Å². The molecule has 2 aromatic carbocycles. The number of aryl methyl sites for hydroxylation is 1. The zero-order valence-electron chi connectivity index (χ0n) is 13.1. The summed E-state index contributed by atoms with van der Waals surface area (Å²) < 4.78 is 1.84. The number of anilines is 1. The maximum Gasteiger partial charge on any atom is 0.247 e. The SMILES string of the molecule is Cc1ccc(NC(=O)C(C)n2cc(C=O)c3ccccc32)cc1. The smallest absolute Gasteiger partial charge is 0.247 e. The minimum atomic E-state index is -0.421. The first kappa shape index (κ1) is 15.0. The van der Waals surface area contributed by atoms with E-state index in [4.69, 9.17) is 0 Å². The van der Waals surface area contributed by atoms with E-state index in [-0.39, 0.29) is 5.91 Å². The van der Waals surface area contributed by atoms with Gasteiger partial charge in [0.25, 0.3) is 0 Å². The van der Waals surface area contributed by atoms with Crippen LogP contribution in [-0.2, 0) is 4.79 Å². The fraction of sp³-hybridized carbons (Fsp3) is 0.158. The van der Waals surface area contributed by atoms with Crippen molar-refractivity contribution in [2.75, 3.05) is 5.32 Å². The molecule has 0 aliphatic carbocycles. The number of nitrogens with one attached hydrogen (secondary N) is 1. The van der Waals surface area contributed by atoms with Crippen LogP contribution in [0.25, 0.3) is 10.9 Å². The van der Waals surface area contributed by atoms with E-state index in [9.17, 15) is 9.59 Å². The molecular formula is C19H18N2O2. The Bertz CT molecular complexity index is 863. The fourth-order valence-electron chi connectivity index (χ4n) is 2.66. The molecule has 0 bridgehead atoms. The number of aldehydes is 1. The number of carbonyl (C=O) groups excluding carboxylic acids is 2. The first-order chi connectivity index (χ1) is 11.1. The van der Waals surface area contributed by atoms with Gasteiger partial charge in [0.2, 0.25) is 5.91 Å². The predicted octanol–water partition coefficient (Wildman–Crippen LogP) is 3.96. The van der Waals surface area contributed by atoms with Gasteiger partial charge in [0.15, 0.2) is 6.29 Å². The summed E-state index contributed by atoms with van der Waals surface area (Å²) in [7, 11) is 0. The second kappa shape index (κ2) is 6.08. The molecule has 3 aromatic rings. The molecule has 4 heteroatoms. The minimum Gasteiger partial charge on any atom is -0.335 e. The minimum absolute atomic E-state index is 0.118. The molecule has 0 aliphatic heterocycles. The molecule has 0 saturated heterocycles. The van der Waals surface area contributed by atoms with Crippen LogP contribution in [0.2, 0.25) is 0 Å². The molecule has 4 nitrogen and oxygen atoms in total. The van der Waals surface area contributed by atoms with Crippen LogP contribution >= 0.6 is 0 Å². The topological polar surface area (TPSA) is 51.1 Å². The number of aromatic nitrogens is 1. The van der Waals surface area contributed by atoms with Crippen molar-refractivity contribution in [3.05, 3.63) is 65.9 Å². The van der Waals surface area contributed by atoms with Crippen molar-refractivity contribution < 1.29 is 9.59 Å². The Hall–Kier alpha value is -2.88. The van der Waals surface area contributed by atoms with Gasteiger partial charge in [0, 0.05) is 28.4 Å². The summed E-state index contributed by atoms with van der Waals surface area (Å²) in [4.78, 5) is 23.8. The van der Waals surface area contributed by atoms with Gasteiger partial charge in [-0.1, -0.05) is 35.9 Å². The van der Waals surface area contributed by atoms with Crippen molar-refractivity contribution in [1.29, 1.82) is 0 Å². The average Bonchev–Trinajstić information content (AvgIpc) is 2.95. The lowest BCUT2D eigenvalue weighted by molar-refractivity contribution is -0.118. The first-order valence-corrected chi connectivity index (χ1v) is 7.52. The van der Waals surface area contributed by atoms with Crippen LogP contribution in [0.5, 0.6) is 0 Å². The van der Waals surface area contributed by atoms with E-state index < -0.39 is 6.04 Å². The molecule has 0 fully saturated rings. The van der Waals surface area contributed by atoms with Crippen molar-refractivity contribution in [3.8, 4) is 0 Å². The molecule has 1 atom stereocenters. The normalized spacial score (nSPS) is 12.1. The molecule has 23 heavy (non-hydrogen) atoms. The summed E-state index contributed by atoms with van der Waals surface area (Å²) in [5.41, 5.74) is 3.37. The van der Waals surface area contributed by atoms with E-state index in [1.165, 1.54) is 0 Å². The van der Waals surface area contributed by atoms with E-state index in [0.717, 1.165) is 28.4 Å². The average molecular weight is 306 g/mol. The molecule has 0 saturated carbocycles. The first-order valence-electron chi connectivity index (χ1n) is 7.52. The lowest BCUT2D eigenvalue weighted by Crippen LogP contribution is -2.23. The predicted molar refractivity (Wildman–Crippen MR) is 91.8 cm³/mol. The van der Waals surface area contributed by atoms with Crippen LogP contribution in [0.4, 0.5) is 5.69 Å². The number of nitrogens with zero attached hydrogens (tertiary/aromatic N) is 1. The lowest BCUT2D eigenvalue weighted by Gasteiger charge is -2.15. The van der Waals surface area contributed by atoms with Crippen LogP contribution in [0.1, 0.15) is 28.9 Å². The van der Waals surface area contributed by atoms with Gasteiger partial charge in [-0.2, -0.15) is 0 Å². The Labute approximate surface area is 134 Å². The number of para-hydroxylation sites is 1. The summed E-state index contributed by atoms with van der Waals surface area (Å²) >= 11 is 0. The molecule has 1 unspecified atom stereocenters. The molecule has 0 radical (unpaired) electrons. The number of carbonyl (C=O) groups is 2. The molecule has 1 N–H and O–H groups in total. The van der Waals surface area contributed by atoms with Crippen molar-refractivity contribution in [1.82, 2.24) is 4.57 Å². The molecule has 1 aromatic heterocycles. The molecular weight excluding hydrogens is 288 g/mol. The van der Waals surface area contributed by atoms with E-state index >= 15 is 0 Å². The third-order valence-corrected chi connectivity index (χ3v) is 4.01. The van der Waals surface area contributed by atoms with E-state index in [1.54, 1.807) is 6.20 Å². The largest absolute Gasteiger partial charge is 0.335 e. The maximum atomic E-state index is 12.5. The highest BCUT2D eigenvalue weighted by atomic mass is 16.2. The van der Waals surface area contributed by atoms with Crippen molar-refractivity contribution in [2.24, 2.45) is 0 Å². The molecule has 0 aliphatic rings. The molecule has 3 rings (SSSR count). The number of fused-ring (bicyclic) bond motifs is 1. The van der Waals surface area contributed by atoms with E-state index in [2.05, 4.69) is 5.32 Å². The molecule has 1 heterocycles. The van der Waals surface area contributed by atoms with Gasteiger partial charge >= 0.3 is 0 Å². The maximum absolute atomic E-state index is 12.5. The van der Waals surface area contributed by atoms with Gasteiger partial charge in [-0.15, -0.1) is 0 Å². The van der Waals surface area contributed by atoms with Crippen molar-refractivity contribution in [3.63, 3.8) is 0 Å². The highest BCUT2D eigenvalue weighted by Crippen LogP contribution is 2.24. The Balaban J connectivity index is 1.90. The summed E-state index contributed by atoms with van der Waals surface area (Å²) in [5, 5.41) is 3.77. The Kier molecular flexibility index (Phi) is 3.98. The Morgan fingerprint density at radius 2 is 1.83 bits per heavy atom. The van der Waals surface area contributed by atoms with Crippen LogP contribution in [0, 0.1) is 6.92 Å². The van der Waals surface area contributed by atoms with Crippen LogP contribution in [-0.4, -0.2) is 16.8 Å². The number of benzene rings is 2. The highest BCUT2D eigenvalue weighted by Gasteiger charge is 2.18. The Morgan fingerprint density at radius 1 is 1.13 bits per heavy atom. The van der Waals surface area contributed by atoms with Gasteiger partial charge < -0.3 is 9.88 Å². The Morgan fingerprint density at radius 3 is 2.52 bits per heavy atom. The quantitative estimate of drug-likeness (QED) is 0.742. The molecule has 116 valence electrons. The summed E-state index contributed by atoms with van der Waals surface area (Å²) in [6.07, 6.45) is 2.56. The second-order valence-corrected chi connectivity index (χ2v) is 5.66. The fourth-order valence-corrected chi connectivity index (χ4v) is 2.66. The summed E-state index contributed by atoms with van der Waals surface area (Å²) in [6.45, 7) is 3.83. The van der Waals surface area contributed by atoms with Gasteiger partial charge in [-0.05, 0) is 32.0 Å². The van der Waals surface area contributed by atoms with Gasteiger partial charge in [0.05, 0.1) is 0 Å². The van der Waals surface area contributed by atoms with Crippen molar-refractivity contribution >= 4 is 28.8 Å². The second-order valence-electron chi connectivity index (χ2n) is 5.66. The van der Waals surface area contributed by atoms with Gasteiger partial charge in [-0.25, -0.2) is 0 Å². The van der Waals surface area contributed by atoms with Crippen LogP contribution in [0.15, 0.2) is 54.7 Å². The summed E-state index contributed by atoms with van der Waals surface area (Å²) in [6, 6.07) is 14.8. The standard InChI is InChI=1S/C19H18N2O2/c1-13-7-9-16(10-8-13)20-19(23)14(2)21-11-15(12-22)17-5-3-4-6-18(17)21/h3-12,14H,1-2H3,(H,20,23). The molecule has 1 amide bonds. The number of hydrogen-bond acceptors (Lipinski definition) is 2. The van der Waals surface area contributed by atoms with Crippen molar-refractivity contribution in [2.45, 2.75) is 19.9 Å². The van der Waals surface area contributed by atoms with E-state index in [0.29, 0.717) is 5.56 Å². The zero-order chi connectivity index (χ0) is 16.4. The number of rotatable bonds is 4. The van der Waals surface area contributed by atoms with Crippen LogP contribution < -0.4 is 5.32 Å². The lowest BCUT2D eigenvalue weighted by atomic mass is 10.2. The zero-order valence-corrected chi connectivity index (χ0v) is 13.1. The number of hydrogen-bond donors (Lipinski definition) is 1. The molecule has 0 spiro atoms. The monoisotopic (exact) mass is 306 g/mol. The van der Waals surface area contributed by atoms with Crippen LogP contribution in [0.3, 0.4) is 0 Å². The third-order valence-electron chi connectivity index (χ3n) is 4.01. The third kappa shape index (κ3) is 2.88. The number of amides is 1. The van der Waals surface area contributed by atoms with Gasteiger partial charge in [0.1, 0.15) is 6.04 Å². The van der Waals surface area contributed by atoms with Gasteiger partial charge in [-0.3, -0.25) is 9.59 Å². The highest BCUT2D eigenvalue weighted by molar-refractivity contribution is 6.00.